The molecule has 25 heavy (non-hydrogen) atoms. The Morgan fingerprint density at radius 2 is 1.32 bits per heavy atom. The van der Waals surface area contributed by atoms with Gasteiger partial charge in [0.1, 0.15) is 19.0 Å². The van der Waals surface area contributed by atoms with Crippen LogP contribution in [0, 0.1) is 0 Å². The van der Waals surface area contributed by atoms with Gasteiger partial charge in [0, 0.05) is 41.3 Å². The number of ether oxygens (including phenoxy) is 8. The molecule has 2 heterocycles. The summed E-state index contributed by atoms with van der Waals surface area (Å²) in [5.74, 6) is 0. The van der Waals surface area contributed by atoms with Gasteiger partial charge in [0.15, 0.2) is 12.6 Å². The van der Waals surface area contributed by atoms with E-state index in [1.165, 1.54) is 0 Å². The quantitative estimate of drug-likeness (QED) is 0.597. The van der Waals surface area contributed by atoms with Crippen LogP contribution < -0.4 is 0 Å². The van der Waals surface area contributed by atoms with Gasteiger partial charge >= 0.3 is 0 Å². The third-order valence-electron chi connectivity index (χ3n) is 4.80. The van der Waals surface area contributed by atoms with Crippen molar-refractivity contribution in [2.45, 2.75) is 75.9 Å². The summed E-state index contributed by atoms with van der Waals surface area (Å²) in [7, 11) is 6.55. The van der Waals surface area contributed by atoms with Crippen molar-refractivity contribution in [2.75, 3.05) is 35.2 Å². The highest BCUT2D eigenvalue weighted by molar-refractivity contribution is 4.87. The number of methoxy groups -OCH3 is 4. The first-order valence-corrected chi connectivity index (χ1v) is 8.69. The molecule has 148 valence electrons. The summed E-state index contributed by atoms with van der Waals surface area (Å²) in [5, 5.41) is 0. The van der Waals surface area contributed by atoms with Gasteiger partial charge in [-0.05, 0) is 13.8 Å². The van der Waals surface area contributed by atoms with E-state index in [0.29, 0.717) is 12.8 Å². The average molecular weight is 364 g/mol. The van der Waals surface area contributed by atoms with E-state index in [4.69, 9.17) is 37.9 Å². The molecule has 0 aliphatic carbocycles. The topological polar surface area (TPSA) is 73.8 Å². The Kier molecular flexibility index (Phi) is 8.50. The van der Waals surface area contributed by atoms with E-state index >= 15 is 0 Å². The lowest BCUT2D eigenvalue weighted by Crippen LogP contribution is -2.55. The summed E-state index contributed by atoms with van der Waals surface area (Å²) in [6.07, 6.45) is -0.631. The molecule has 0 radical (unpaired) electrons. The monoisotopic (exact) mass is 364 g/mol. The largest absolute Gasteiger partial charge is 0.378 e. The van der Waals surface area contributed by atoms with Gasteiger partial charge in [-0.2, -0.15) is 0 Å². The fourth-order valence-corrected chi connectivity index (χ4v) is 3.46. The van der Waals surface area contributed by atoms with Crippen molar-refractivity contribution in [2.24, 2.45) is 0 Å². The smallest absolute Gasteiger partial charge is 0.161 e. The van der Waals surface area contributed by atoms with Gasteiger partial charge in [0.2, 0.25) is 0 Å². The Hall–Kier alpha value is -0.320. The third kappa shape index (κ3) is 5.33. The van der Waals surface area contributed by atoms with Crippen LogP contribution in [0.25, 0.3) is 0 Å². The van der Waals surface area contributed by atoms with Crippen LogP contribution in [0.4, 0.5) is 0 Å². The maximum Gasteiger partial charge on any atom is 0.161 e. The molecular weight excluding hydrogens is 332 g/mol. The lowest BCUT2D eigenvalue weighted by molar-refractivity contribution is -0.318. The van der Waals surface area contributed by atoms with Crippen LogP contribution in [-0.2, 0) is 37.9 Å². The molecule has 0 saturated carbocycles. The van der Waals surface area contributed by atoms with Crippen molar-refractivity contribution in [1.82, 2.24) is 0 Å². The Labute approximate surface area is 149 Å². The molecule has 2 rings (SSSR count). The zero-order valence-electron chi connectivity index (χ0n) is 16.0. The van der Waals surface area contributed by atoms with Crippen LogP contribution in [0.1, 0.15) is 26.7 Å². The van der Waals surface area contributed by atoms with Gasteiger partial charge in [-0.3, -0.25) is 0 Å². The van der Waals surface area contributed by atoms with Crippen LogP contribution in [0.15, 0.2) is 0 Å². The molecule has 0 aromatic carbocycles. The summed E-state index contributed by atoms with van der Waals surface area (Å²) in [4.78, 5) is 0. The van der Waals surface area contributed by atoms with Crippen LogP contribution in [0.3, 0.4) is 0 Å². The van der Waals surface area contributed by atoms with E-state index in [0.717, 1.165) is 0 Å². The first-order valence-electron chi connectivity index (χ1n) is 8.69. The van der Waals surface area contributed by atoms with Gasteiger partial charge in [-0.25, -0.2) is 0 Å². The molecule has 0 aromatic heterocycles. The molecule has 8 atom stereocenters. The van der Waals surface area contributed by atoms with Crippen molar-refractivity contribution >= 4 is 0 Å². The van der Waals surface area contributed by atoms with E-state index in [9.17, 15) is 0 Å². The highest BCUT2D eigenvalue weighted by Gasteiger charge is 2.43. The van der Waals surface area contributed by atoms with Gasteiger partial charge in [-0.1, -0.05) is 0 Å². The SMILES string of the molecule is COCO[C@H]1C(C)O[C@@H](O[C@H]2C(C)O[C@@H](OC)CC2OC)CC1OC. The number of hydrogen-bond donors (Lipinski definition) is 0. The fraction of sp³-hybridized carbons (Fsp3) is 1.00. The molecule has 0 N–H and O–H groups in total. The average Bonchev–Trinajstić information content (AvgIpc) is 2.61. The minimum absolute atomic E-state index is 0.129. The normalized spacial score (nSPS) is 42.5. The highest BCUT2D eigenvalue weighted by atomic mass is 16.7. The molecule has 0 spiro atoms. The Bertz CT molecular complexity index is 382. The zero-order valence-corrected chi connectivity index (χ0v) is 16.0. The second-order valence-corrected chi connectivity index (χ2v) is 6.44. The first-order chi connectivity index (χ1) is 12.0. The predicted octanol–water partition coefficient (Wildman–Crippen LogP) is 1.31. The van der Waals surface area contributed by atoms with Gasteiger partial charge in [0.05, 0.1) is 24.4 Å². The van der Waals surface area contributed by atoms with Crippen LogP contribution in [-0.4, -0.2) is 84.4 Å². The van der Waals surface area contributed by atoms with E-state index in [-0.39, 0.29) is 49.7 Å². The minimum atomic E-state index is -0.421. The molecule has 0 bridgehead atoms. The number of rotatable bonds is 8. The molecule has 0 aromatic rings. The molecular formula is C17H32O8. The van der Waals surface area contributed by atoms with Crippen molar-refractivity contribution in [3.63, 3.8) is 0 Å². The summed E-state index contributed by atoms with van der Waals surface area (Å²) in [6.45, 7) is 4.09. The summed E-state index contributed by atoms with van der Waals surface area (Å²) >= 11 is 0. The molecule has 4 unspecified atom stereocenters. The van der Waals surface area contributed by atoms with Gasteiger partial charge in [0.25, 0.3) is 0 Å². The fourth-order valence-electron chi connectivity index (χ4n) is 3.46. The van der Waals surface area contributed by atoms with Crippen LogP contribution >= 0.6 is 0 Å². The molecule has 2 aliphatic rings. The Morgan fingerprint density at radius 3 is 1.92 bits per heavy atom. The molecule has 0 amide bonds. The molecule has 8 heteroatoms. The van der Waals surface area contributed by atoms with Gasteiger partial charge in [-0.15, -0.1) is 0 Å². The van der Waals surface area contributed by atoms with Crippen molar-refractivity contribution < 1.29 is 37.9 Å². The molecule has 2 aliphatic heterocycles. The molecule has 2 saturated heterocycles. The molecule has 8 nitrogen and oxygen atoms in total. The number of hydrogen-bond acceptors (Lipinski definition) is 8. The first kappa shape index (κ1) is 21.0. The van der Waals surface area contributed by atoms with E-state index in [2.05, 4.69) is 0 Å². The van der Waals surface area contributed by atoms with Crippen LogP contribution in [0.5, 0.6) is 0 Å². The molecule has 2 fully saturated rings. The Balaban J connectivity index is 1.97. The van der Waals surface area contributed by atoms with E-state index in [1.54, 1.807) is 28.4 Å². The van der Waals surface area contributed by atoms with Crippen molar-refractivity contribution in [1.29, 1.82) is 0 Å². The van der Waals surface area contributed by atoms with E-state index < -0.39 is 6.29 Å². The standard InChI is InChI=1S/C17H32O8/c1-10-16(22-9-18-3)12(19-4)8-15(24-10)25-17-11(2)23-14(21-6)7-13(17)20-5/h10-17H,7-9H2,1-6H3/t10?,11?,12?,13?,14-,15+,16+,17+/m1/s1. The van der Waals surface area contributed by atoms with E-state index in [1.807, 2.05) is 13.8 Å². The summed E-state index contributed by atoms with van der Waals surface area (Å²) in [5.41, 5.74) is 0. The lowest BCUT2D eigenvalue weighted by Gasteiger charge is -2.44. The zero-order chi connectivity index (χ0) is 18.4. The highest BCUT2D eigenvalue weighted by Crippen LogP contribution is 2.31. The van der Waals surface area contributed by atoms with Crippen molar-refractivity contribution in [3.8, 4) is 0 Å². The summed E-state index contributed by atoms with van der Waals surface area (Å²) in [6, 6.07) is 0. The maximum absolute atomic E-state index is 6.20. The minimum Gasteiger partial charge on any atom is -0.378 e. The van der Waals surface area contributed by atoms with Gasteiger partial charge < -0.3 is 37.9 Å². The second kappa shape index (κ2) is 10.1. The predicted molar refractivity (Wildman–Crippen MR) is 88.1 cm³/mol. The van der Waals surface area contributed by atoms with Crippen LogP contribution in [0.2, 0.25) is 0 Å². The second-order valence-electron chi connectivity index (χ2n) is 6.44. The maximum atomic E-state index is 6.20. The Morgan fingerprint density at radius 1 is 0.760 bits per heavy atom. The summed E-state index contributed by atoms with van der Waals surface area (Å²) < 4.78 is 45.2. The van der Waals surface area contributed by atoms with Crippen molar-refractivity contribution in [3.05, 3.63) is 0 Å². The lowest BCUT2D eigenvalue weighted by atomic mass is 10.00. The third-order valence-corrected chi connectivity index (χ3v) is 4.80.